The van der Waals surface area contributed by atoms with Crippen molar-refractivity contribution in [3.8, 4) is 0 Å². The summed E-state index contributed by atoms with van der Waals surface area (Å²) in [5.41, 5.74) is -0.477. The van der Waals surface area contributed by atoms with E-state index < -0.39 is 75.3 Å². The summed E-state index contributed by atoms with van der Waals surface area (Å²) >= 11 is 5.93. The second kappa shape index (κ2) is 17.0. The summed E-state index contributed by atoms with van der Waals surface area (Å²) in [6.07, 6.45) is 8.17. The number of allylic oxidation sites excluding steroid dienone is 1. The van der Waals surface area contributed by atoms with Crippen LogP contribution in [0.5, 0.6) is 0 Å². The third-order valence-electron chi connectivity index (χ3n) is 11.5. The van der Waals surface area contributed by atoms with Crippen LogP contribution in [0.25, 0.3) is 0 Å². The zero-order valence-electron chi connectivity index (χ0n) is 31.4. The molecule has 0 spiro atoms. The zero-order chi connectivity index (χ0) is 40.3. The summed E-state index contributed by atoms with van der Waals surface area (Å²) in [5, 5.41) is 3.17. The SMILES string of the molecule is O=C(C[C@H]1CCCCC/C=C\[C@@H]2C[C@@]2(C(=O)NS(=O)(=O)Nc2ccc(Cl)cc2)NC(=O)[C@@H]2C[C@@H](OC(=O)N3Cc4cccc(F)c4C3)CN2C1=O)OC1CCCC1. The minimum Gasteiger partial charge on any atom is -0.462 e. The molecule has 4 amide bonds. The van der Waals surface area contributed by atoms with Gasteiger partial charge in [0.1, 0.15) is 29.6 Å². The van der Waals surface area contributed by atoms with E-state index in [0.717, 1.165) is 38.5 Å². The van der Waals surface area contributed by atoms with E-state index in [1.54, 1.807) is 18.2 Å². The molecular formula is C40H47ClFN5O9S. The van der Waals surface area contributed by atoms with Gasteiger partial charge in [0.15, 0.2) is 0 Å². The van der Waals surface area contributed by atoms with E-state index in [0.29, 0.717) is 35.4 Å². The van der Waals surface area contributed by atoms with Crippen LogP contribution in [0, 0.1) is 17.7 Å². The molecule has 14 nitrogen and oxygen atoms in total. The largest absolute Gasteiger partial charge is 0.462 e. The highest BCUT2D eigenvalue weighted by Gasteiger charge is 2.61. The molecule has 0 bridgehead atoms. The lowest BCUT2D eigenvalue weighted by Gasteiger charge is -2.29. The number of hydrogen-bond acceptors (Lipinski definition) is 9. The first-order valence-corrected chi connectivity index (χ1v) is 21.5. The molecule has 2 aromatic carbocycles. The van der Waals surface area contributed by atoms with Gasteiger partial charge in [0.2, 0.25) is 11.8 Å². The van der Waals surface area contributed by atoms with Gasteiger partial charge in [-0.1, -0.05) is 48.7 Å². The molecule has 17 heteroatoms. The van der Waals surface area contributed by atoms with Crippen LogP contribution in [-0.4, -0.2) is 78.3 Å². The molecule has 3 fully saturated rings. The smallest absolute Gasteiger partial charge is 0.410 e. The second-order valence-electron chi connectivity index (χ2n) is 15.7. The molecule has 0 aromatic heterocycles. The van der Waals surface area contributed by atoms with Gasteiger partial charge in [0, 0.05) is 35.4 Å². The lowest BCUT2D eigenvalue weighted by atomic mass is 9.95. The minimum absolute atomic E-state index is 0.00633. The normalized spacial score (nSPS) is 27.2. The number of rotatable bonds is 8. The molecular weight excluding hydrogens is 781 g/mol. The molecule has 5 atom stereocenters. The average Bonchev–Trinajstić information content (AvgIpc) is 3.59. The molecule has 5 aliphatic rings. The number of nitrogens with zero attached hydrogens (tertiary/aromatic N) is 2. The minimum atomic E-state index is -4.46. The van der Waals surface area contributed by atoms with Crippen LogP contribution in [-0.2, 0) is 52.0 Å². The molecule has 7 rings (SSSR count). The highest BCUT2D eigenvalue weighted by atomic mass is 35.5. The Bertz CT molecular complexity index is 2030. The van der Waals surface area contributed by atoms with Crippen molar-refractivity contribution >= 4 is 57.3 Å². The fraction of sp³-hybridized carbons (Fsp3) is 0.525. The fourth-order valence-corrected chi connectivity index (χ4v) is 9.43. The van der Waals surface area contributed by atoms with E-state index in [1.165, 1.54) is 40.1 Å². The maximum atomic E-state index is 14.5. The van der Waals surface area contributed by atoms with Gasteiger partial charge in [-0.05, 0) is 87.3 Å². The highest BCUT2D eigenvalue weighted by Crippen LogP contribution is 2.46. The quantitative estimate of drug-likeness (QED) is 0.236. The first-order valence-electron chi connectivity index (χ1n) is 19.6. The van der Waals surface area contributed by atoms with E-state index in [1.807, 2.05) is 10.8 Å². The van der Waals surface area contributed by atoms with Gasteiger partial charge < -0.3 is 19.7 Å². The van der Waals surface area contributed by atoms with Crippen molar-refractivity contribution in [1.29, 1.82) is 0 Å². The molecule has 0 unspecified atom stereocenters. The van der Waals surface area contributed by atoms with Crippen molar-refractivity contribution in [2.45, 2.75) is 114 Å². The first-order chi connectivity index (χ1) is 27.3. The maximum absolute atomic E-state index is 14.5. The Kier molecular flexibility index (Phi) is 12.1. The van der Waals surface area contributed by atoms with Crippen molar-refractivity contribution in [3.63, 3.8) is 0 Å². The zero-order valence-corrected chi connectivity index (χ0v) is 33.0. The number of esters is 1. The van der Waals surface area contributed by atoms with Crippen molar-refractivity contribution in [2.75, 3.05) is 11.3 Å². The number of halogens is 2. The van der Waals surface area contributed by atoms with Gasteiger partial charge in [-0.3, -0.25) is 28.8 Å². The van der Waals surface area contributed by atoms with Crippen LogP contribution in [0.3, 0.4) is 0 Å². The lowest BCUT2D eigenvalue weighted by Crippen LogP contribution is -2.57. The maximum Gasteiger partial charge on any atom is 0.410 e. The van der Waals surface area contributed by atoms with Gasteiger partial charge >= 0.3 is 22.3 Å². The molecule has 1 saturated heterocycles. The second-order valence-corrected chi connectivity index (χ2v) is 17.5. The molecule has 3 N–H and O–H groups in total. The Morgan fingerprint density at radius 1 is 0.947 bits per heavy atom. The standard InChI is InChI=1S/C40H47ClFN5O9S/c41-28-15-17-29(18-16-28)44-57(53,54)45-38(51)40-21-27(40)11-5-3-1-2-4-9-25(19-35(48)55-30-12-6-7-13-30)37(50)47-23-31(20-34(47)36(49)43-40)56-39(52)46-22-26-10-8-14-33(42)32(26)24-46/h5,8,10-11,14-18,25,27,30-31,34,44H,1-4,6-7,9,12-13,19-24H2,(H,43,49)(H,45,51)/b11-5-/t25-,27-,31-,34+,40-/m1/s1. The Morgan fingerprint density at radius 3 is 2.46 bits per heavy atom. The van der Waals surface area contributed by atoms with Gasteiger partial charge in [0.25, 0.3) is 5.91 Å². The lowest BCUT2D eigenvalue weighted by molar-refractivity contribution is -0.154. The predicted octanol–water partition coefficient (Wildman–Crippen LogP) is 5.26. The van der Waals surface area contributed by atoms with Gasteiger partial charge in [-0.15, -0.1) is 0 Å². The van der Waals surface area contributed by atoms with Crippen LogP contribution >= 0.6 is 11.6 Å². The van der Waals surface area contributed by atoms with E-state index >= 15 is 0 Å². The van der Waals surface area contributed by atoms with Crippen molar-refractivity contribution < 1.29 is 46.3 Å². The van der Waals surface area contributed by atoms with Crippen LogP contribution in [0.15, 0.2) is 54.6 Å². The van der Waals surface area contributed by atoms with Gasteiger partial charge in [-0.25, -0.2) is 13.9 Å². The Balaban J connectivity index is 1.12. The van der Waals surface area contributed by atoms with Crippen molar-refractivity contribution in [3.05, 3.63) is 76.6 Å². The van der Waals surface area contributed by atoms with Crippen LogP contribution < -0.4 is 14.8 Å². The number of ether oxygens (including phenoxy) is 2. The summed E-state index contributed by atoms with van der Waals surface area (Å²) in [7, 11) is -4.46. The molecule has 2 aliphatic carbocycles. The summed E-state index contributed by atoms with van der Waals surface area (Å²) in [6, 6.07) is 9.19. The molecule has 2 saturated carbocycles. The summed E-state index contributed by atoms with van der Waals surface area (Å²) < 4.78 is 56.6. The molecule has 2 aromatic rings. The summed E-state index contributed by atoms with van der Waals surface area (Å²) in [4.78, 5) is 72.0. The molecule has 3 heterocycles. The monoisotopic (exact) mass is 827 g/mol. The van der Waals surface area contributed by atoms with E-state index in [-0.39, 0.29) is 50.7 Å². The summed E-state index contributed by atoms with van der Waals surface area (Å²) in [5.74, 6) is -4.50. The Labute approximate surface area is 336 Å². The highest BCUT2D eigenvalue weighted by molar-refractivity contribution is 7.91. The Morgan fingerprint density at radius 2 is 1.70 bits per heavy atom. The third kappa shape index (κ3) is 9.54. The molecule has 306 valence electrons. The number of fused-ring (bicyclic) bond motifs is 3. The number of amides is 4. The van der Waals surface area contributed by atoms with E-state index in [4.69, 9.17) is 21.1 Å². The number of carbonyl (C=O) groups excluding carboxylic acids is 5. The molecule has 3 aliphatic heterocycles. The summed E-state index contributed by atoms with van der Waals surface area (Å²) in [6.45, 7) is -0.0553. The number of anilines is 1. The van der Waals surface area contributed by atoms with Gasteiger partial charge in [0.05, 0.1) is 25.2 Å². The van der Waals surface area contributed by atoms with E-state index in [9.17, 15) is 36.8 Å². The Hall–Kier alpha value is -4.70. The number of hydrogen-bond donors (Lipinski definition) is 3. The van der Waals surface area contributed by atoms with Crippen LogP contribution in [0.2, 0.25) is 5.02 Å². The number of nitrogens with one attached hydrogen (secondary N) is 3. The predicted molar refractivity (Wildman–Crippen MR) is 206 cm³/mol. The van der Waals surface area contributed by atoms with Crippen LogP contribution in [0.1, 0.15) is 88.2 Å². The topological polar surface area (TPSA) is 181 Å². The molecule has 0 radical (unpaired) electrons. The van der Waals surface area contributed by atoms with E-state index in [2.05, 4.69) is 10.0 Å². The first kappa shape index (κ1) is 40.5. The number of carbonyl (C=O) groups is 5. The van der Waals surface area contributed by atoms with Crippen molar-refractivity contribution in [1.82, 2.24) is 19.8 Å². The van der Waals surface area contributed by atoms with Gasteiger partial charge in [-0.2, -0.15) is 8.42 Å². The average molecular weight is 828 g/mol. The fourth-order valence-electron chi connectivity index (χ4n) is 8.38. The third-order valence-corrected chi connectivity index (χ3v) is 12.8. The molecule has 57 heavy (non-hydrogen) atoms. The van der Waals surface area contributed by atoms with Crippen molar-refractivity contribution in [2.24, 2.45) is 11.8 Å². The van der Waals surface area contributed by atoms with Crippen LogP contribution in [0.4, 0.5) is 14.9 Å². The number of benzene rings is 2.